The molecule has 5 heteroatoms. The Morgan fingerprint density at radius 3 is 2.60 bits per heavy atom. The van der Waals surface area contributed by atoms with Gasteiger partial charge in [0.1, 0.15) is 0 Å². The minimum absolute atomic E-state index is 0.134. The molecule has 0 bridgehead atoms. The van der Waals surface area contributed by atoms with Crippen molar-refractivity contribution in [3.8, 4) is 10.4 Å². The number of nitrogens with one attached hydrogen (secondary N) is 1. The standard InChI is InChI=1S/C20H17N3OS/c1-13-18(14-8-4-3-5-9-14)25-20(21-13)22-19(24)16-12-23(2)17-11-7-6-10-15(16)17/h3-12H,1-2H3,(H,21,22,24). The smallest absolute Gasteiger partial charge is 0.259 e. The summed E-state index contributed by atoms with van der Waals surface area (Å²) in [5.74, 6) is -0.134. The highest BCUT2D eigenvalue weighted by Gasteiger charge is 2.16. The van der Waals surface area contributed by atoms with Gasteiger partial charge in [-0.25, -0.2) is 4.98 Å². The van der Waals surface area contributed by atoms with Crippen molar-refractivity contribution in [2.45, 2.75) is 6.92 Å². The van der Waals surface area contributed by atoms with Gasteiger partial charge in [0.05, 0.1) is 16.1 Å². The Balaban J connectivity index is 1.65. The molecule has 2 heterocycles. The molecule has 0 spiro atoms. The van der Waals surface area contributed by atoms with E-state index in [0.29, 0.717) is 10.7 Å². The molecule has 25 heavy (non-hydrogen) atoms. The van der Waals surface area contributed by atoms with E-state index < -0.39 is 0 Å². The number of carbonyl (C=O) groups is 1. The molecule has 4 rings (SSSR count). The number of thiazole rings is 1. The molecule has 1 amide bonds. The monoisotopic (exact) mass is 347 g/mol. The molecular weight excluding hydrogens is 330 g/mol. The molecular formula is C20H17N3OS. The number of nitrogens with zero attached hydrogens (tertiary/aromatic N) is 2. The van der Waals surface area contributed by atoms with Gasteiger partial charge in [0.15, 0.2) is 5.13 Å². The molecule has 4 nitrogen and oxygen atoms in total. The zero-order valence-corrected chi connectivity index (χ0v) is 14.8. The third-order valence-electron chi connectivity index (χ3n) is 4.19. The van der Waals surface area contributed by atoms with Gasteiger partial charge < -0.3 is 4.57 Å². The lowest BCUT2D eigenvalue weighted by Gasteiger charge is -2.00. The summed E-state index contributed by atoms with van der Waals surface area (Å²) in [5, 5.41) is 4.51. The zero-order chi connectivity index (χ0) is 17.4. The predicted octanol–water partition coefficient (Wildman–Crippen LogP) is 4.86. The van der Waals surface area contributed by atoms with Gasteiger partial charge in [-0.3, -0.25) is 10.1 Å². The Kier molecular flexibility index (Phi) is 3.86. The second kappa shape index (κ2) is 6.18. The van der Waals surface area contributed by atoms with Gasteiger partial charge in [-0.15, -0.1) is 0 Å². The van der Waals surface area contributed by atoms with E-state index in [0.717, 1.165) is 27.0 Å². The van der Waals surface area contributed by atoms with Gasteiger partial charge in [-0.1, -0.05) is 59.9 Å². The van der Waals surface area contributed by atoms with E-state index in [1.54, 1.807) is 0 Å². The lowest BCUT2D eigenvalue weighted by Crippen LogP contribution is -2.11. The molecule has 1 N–H and O–H groups in total. The zero-order valence-electron chi connectivity index (χ0n) is 14.0. The fraction of sp³-hybridized carbons (Fsp3) is 0.100. The van der Waals surface area contributed by atoms with Crippen LogP contribution in [-0.4, -0.2) is 15.5 Å². The lowest BCUT2D eigenvalue weighted by atomic mass is 10.1. The van der Waals surface area contributed by atoms with Crippen LogP contribution in [0.1, 0.15) is 16.1 Å². The number of aromatic nitrogens is 2. The van der Waals surface area contributed by atoms with Crippen molar-refractivity contribution in [3.63, 3.8) is 0 Å². The van der Waals surface area contributed by atoms with Crippen LogP contribution in [0.5, 0.6) is 0 Å². The number of rotatable bonds is 3. The maximum Gasteiger partial charge on any atom is 0.259 e. The van der Waals surface area contributed by atoms with E-state index in [1.807, 2.05) is 67.2 Å². The fourth-order valence-corrected chi connectivity index (χ4v) is 3.96. The first-order valence-corrected chi connectivity index (χ1v) is 8.83. The van der Waals surface area contributed by atoms with Crippen LogP contribution in [0.2, 0.25) is 0 Å². The molecule has 0 radical (unpaired) electrons. The Bertz CT molecular complexity index is 1060. The van der Waals surface area contributed by atoms with Gasteiger partial charge >= 0.3 is 0 Å². The van der Waals surface area contributed by atoms with Gasteiger partial charge in [0, 0.05) is 24.1 Å². The topological polar surface area (TPSA) is 46.9 Å². The minimum atomic E-state index is -0.134. The average molecular weight is 347 g/mol. The van der Waals surface area contributed by atoms with E-state index >= 15 is 0 Å². The summed E-state index contributed by atoms with van der Waals surface area (Å²) in [6.45, 7) is 1.96. The van der Waals surface area contributed by atoms with E-state index in [9.17, 15) is 4.79 Å². The number of anilines is 1. The summed E-state index contributed by atoms with van der Waals surface area (Å²) >= 11 is 1.50. The van der Waals surface area contributed by atoms with Gasteiger partial charge in [0.25, 0.3) is 5.91 Å². The molecule has 0 aliphatic heterocycles. The van der Waals surface area contributed by atoms with E-state index in [1.165, 1.54) is 11.3 Å². The van der Waals surface area contributed by atoms with Crippen molar-refractivity contribution >= 4 is 33.3 Å². The summed E-state index contributed by atoms with van der Waals surface area (Å²) in [5.41, 5.74) is 3.73. The number of hydrogen-bond donors (Lipinski definition) is 1. The Morgan fingerprint density at radius 2 is 1.80 bits per heavy atom. The van der Waals surface area contributed by atoms with Crippen molar-refractivity contribution in [2.75, 3.05) is 5.32 Å². The summed E-state index contributed by atoms with van der Waals surface area (Å²) in [4.78, 5) is 18.3. The van der Waals surface area contributed by atoms with Crippen molar-refractivity contribution in [3.05, 3.63) is 72.1 Å². The number of fused-ring (bicyclic) bond motifs is 1. The van der Waals surface area contributed by atoms with Gasteiger partial charge in [-0.05, 0) is 18.6 Å². The summed E-state index contributed by atoms with van der Waals surface area (Å²) in [6.07, 6.45) is 1.86. The largest absolute Gasteiger partial charge is 0.350 e. The molecule has 0 saturated heterocycles. The molecule has 0 saturated carbocycles. The Hall–Kier alpha value is -2.92. The Labute approximate surface area is 149 Å². The average Bonchev–Trinajstić information content (AvgIpc) is 3.16. The summed E-state index contributed by atoms with van der Waals surface area (Å²) in [7, 11) is 1.94. The highest BCUT2D eigenvalue weighted by Crippen LogP contribution is 2.33. The molecule has 124 valence electrons. The van der Waals surface area contributed by atoms with Crippen LogP contribution < -0.4 is 5.32 Å². The lowest BCUT2D eigenvalue weighted by molar-refractivity contribution is 0.102. The van der Waals surface area contributed by atoms with E-state index in [2.05, 4.69) is 22.4 Å². The highest BCUT2D eigenvalue weighted by atomic mass is 32.1. The van der Waals surface area contributed by atoms with Gasteiger partial charge in [0.2, 0.25) is 0 Å². The Morgan fingerprint density at radius 1 is 1.08 bits per heavy atom. The first kappa shape index (κ1) is 15.6. The quantitative estimate of drug-likeness (QED) is 0.575. The number of benzene rings is 2. The molecule has 4 aromatic rings. The van der Waals surface area contributed by atoms with Crippen molar-refractivity contribution in [1.29, 1.82) is 0 Å². The second-order valence-corrected chi connectivity index (χ2v) is 6.92. The number of para-hydroxylation sites is 1. The predicted molar refractivity (Wildman–Crippen MR) is 103 cm³/mol. The van der Waals surface area contributed by atoms with Crippen LogP contribution >= 0.6 is 11.3 Å². The molecule has 0 unspecified atom stereocenters. The van der Waals surface area contributed by atoms with Crippen LogP contribution in [0.15, 0.2) is 60.8 Å². The normalized spacial score (nSPS) is 11.0. The summed E-state index contributed by atoms with van der Waals surface area (Å²) < 4.78 is 1.97. The maximum atomic E-state index is 12.7. The maximum absolute atomic E-state index is 12.7. The first-order valence-electron chi connectivity index (χ1n) is 8.02. The summed E-state index contributed by atoms with van der Waals surface area (Å²) in [6, 6.07) is 18.0. The fourth-order valence-electron chi connectivity index (χ4n) is 2.99. The van der Waals surface area contributed by atoms with Crippen LogP contribution in [-0.2, 0) is 7.05 Å². The highest BCUT2D eigenvalue weighted by molar-refractivity contribution is 7.19. The molecule has 0 aliphatic rings. The van der Waals surface area contributed by atoms with Gasteiger partial charge in [-0.2, -0.15) is 0 Å². The van der Waals surface area contributed by atoms with Crippen molar-refractivity contribution in [2.24, 2.45) is 7.05 Å². The molecule has 0 aliphatic carbocycles. The number of aryl methyl sites for hydroxylation is 2. The van der Waals surface area contributed by atoms with E-state index in [4.69, 9.17) is 0 Å². The molecule has 0 atom stereocenters. The number of carbonyl (C=O) groups excluding carboxylic acids is 1. The third kappa shape index (κ3) is 2.83. The second-order valence-electron chi connectivity index (χ2n) is 5.92. The van der Waals surface area contributed by atoms with E-state index in [-0.39, 0.29) is 5.91 Å². The van der Waals surface area contributed by atoms with Crippen LogP contribution in [0.4, 0.5) is 5.13 Å². The number of hydrogen-bond acceptors (Lipinski definition) is 3. The third-order valence-corrected chi connectivity index (χ3v) is 5.32. The number of amides is 1. The minimum Gasteiger partial charge on any atom is -0.350 e. The SMILES string of the molecule is Cc1nc(NC(=O)c2cn(C)c3ccccc23)sc1-c1ccccc1. The van der Waals surface area contributed by atoms with Crippen molar-refractivity contribution < 1.29 is 4.79 Å². The molecule has 2 aromatic carbocycles. The van der Waals surface area contributed by atoms with Crippen LogP contribution in [0.25, 0.3) is 21.3 Å². The van der Waals surface area contributed by atoms with Crippen molar-refractivity contribution in [1.82, 2.24) is 9.55 Å². The first-order chi connectivity index (χ1) is 12.1. The van der Waals surface area contributed by atoms with Crippen LogP contribution in [0.3, 0.4) is 0 Å². The molecule has 2 aromatic heterocycles. The van der Waals surface area contributed by atoms with Crippen LogP contribution in [0, 0.1) is 6.92 Å². The molecule has 0 fully saturated rings.